The van der Waals surface area contributed by atoms with Gasteiger partial charge < -0.3 is 5.11 Å². The van der Waals surface area contributed by atoms with E-state index in [1.54, 1.807) is 24.5 Å². The second-order valence-corrected chi connectivity index (χ2v) is 1.93. The van der Waals surface area contributed by atoms with Crippen molar-refractivity contribution in [2.24, 2.45) is 0 Å². The quantitative estimate of drug-likeness (QED) is 0.495. The Labute approximate surface area is 86.8 Å². The molecule has 0 unspecified atom stereocenters. The Morgan fingerprint density at radius 3 is 2.82 bits per heavy atom. The first kappa shape index (κ1) is 10.6. The molecule has 0 bridgehead atoms. The van der Waals surface area contributed by atoms with Crippen LogP contribution >= 0.6 is 0 Å². The molecule has 0 saturated carbocycles. The van der Waals surface area contributed by atoms with E-state index < -0.39 is 5.97 Å². The molecule has 1 rings (SSSR count). The van der Waals surface area contributed by atoms with Crippen LogP contribution in [0.3, 0.4) is 0 Å². The maximum absolute atomic E-state index is 10.1. The maximum Gasteiger partial charge on any atom is 1.00 e. The van der Waals surface area contributed by atoms with Crippen molar-refractivity contribution < 1.29 is 39.5 Å². The summed E-state index contributed by atoms with van der Waals surface area (Å²) >= 11 is 0. The normalized spacial score (nSPS) is 8.36. The molecule has 0 amide bonds. The largest absolute Gasteiger partial charge is 1.00 e. The van der Waals surface area contributed by atoms with E-state index in [0.29, 0.717) is 0 Å². The smallest absolute Gasteiger partial charge is 0.481 e. The van der Waals surface area contributed by atoms with Crippen molar-refractivity contribution in [3.63, 3.8) is 0 Å². The zero-order valence-electron chi connectivity index (χ0n) is 6.32. The number of hydrogen-bond donors (Lipinski definition) is 1. The van der Waals surface area contributed by atoms with Gasteiger partial charge in [0.2, 0.25) is 0 Å². The third kappa shape index (κ3) is 4.14. The van der Waals surface area contributed by atoms with E-state index in [-0.39, 0.29) is 36.0 Å². The molecule has 1 heterocycles. The summed E-state index contributed by atoms with van der Waals surface area (Å²) in [6.07, 6.45) is 3.22. The third-order valence-electron chi connectivity index (χ3n) is 1.08. The Morgan fingerprint density at radius 2 is 2.36 bits per heavy atom. The van der Waals surface area contributed by atoms with Crippen LogP contribution in [0.4, 0.5) is 0 Å². The number of aromatic nitrogens is 1. The van der Waals surface area contributed by atoms with Crippen molar-refractivity contribution in [3.05, 3.63) is 30.1 Å². The zero-order chi connectivity index (χ0) is 7.40. The molecule has 52 valence electrons. The van der Waals surface area contributed by atoms with Crippen molar-refractivity contribution >= 4 is 5.97 Å². The van der Waals surface area contributed by atoms with Gasteiger partial charge in [0.15, 0.2) is 0 Å². The van der Waals surface area contributed by atoms with Crippen molar-refractivity contribution in [1.82, 2.24) is 4.98 Å². The van der Waals surface area contributed by atoms with E-state index in [1.165, 1.54) is 0 Å². The molecule has 0 atom stereocenters. The van der Waals surface area contributed by atoms with Gasteiger partial charge in [0.25, 0.3) is 0 Å². The van der Waals surface area contributed by atoms with Crippen molar-refractivity contribution in [1.29, 1.82) is 0 Å². The molecule has 0 radical (unpaired) electrons. The van der Waals surface area contributed by atoms with E-state index in [2.05, 4.69) is 4.98 Å². The Bertz CT molecular complexity index is 225. The summed E-state index contributed by atoms with van der Waals surface area (Å²) in [4.78, 5) is 13.9. The van der Waals surface area contributed by atoms with Gasteiger partial charge in [-0.25, -0.2) is 0 Å². The van der Waals surface area contributed by atoms with Gasteiger partial charge in [-0.3, -0.25) is 9.78 Å². The van der Waals surface area contributed by atoms with Crippen LogP contribution in [0.25, 0.3) is 0 Å². The van der Waals surface area contributed by atoms with E-state index in [1.807, 2.05) is 0 Å². The molecule has 0 aliphatic carbocycles. The Balaban J connectivity index is 0.000001000. The standard InChI is InChI=1S/C7H7NO2.Na/c9-7(10)4-6-2-1-3-8-5-6;/h1-3,5H,4H2,(H,9,10);/q;+1. The van der Waals surface area contributed by atoms with Gasteiger partial charge in [0.1, 0.15) is 0 Å². The Hall–Kier alpha value is -0.380. The van der Waals surface area contributed by atoms with Crippen LogP contribution in [-0.4, -0.2) is 16.1 Å². The van der Waals surface area contributed by atoms with Crippen molar-refractivity contribution in [3.8, 4) is 0 Å². The van der Waals surface area contributed by atoms with Crippen LogP contribution in [0.2, 0.25) is 0 Å². The summed E-state index contributed by atoms with van der Waals surface area (Å²) in [5.41, 5.74) is 0.731. The van der Waals surface area contributed by atoms with E-state index in [0.717, 1.165) is 5.56 Å². The zero-order valence-corrected chi connectivity index (χ0v) is 8.32. The molecule has 4 heteroatoms. The summed E-state index contributed by atoms with van der Waals surface area (Å²) in [7, 11) is 0. The first-order valence-electron chi connectivity index (χ1n) is 2.90. The molecule has 1 aromatic heterocycles. The molecule has 1 N–H and O–H groups in total. The Kier molecular flexibility index (Phi) is 5.11. The van der Waals surface area contributed by atoms with Gasteiger partial charge in [-0.1, -0.05) is 6.07 Å². The molecule has 1 aromatic rings. The second kappa shape index (κ2) is 5.29. The predicted octanol–water partition coefficient (Wildman–Crippen LogP) is -2.29. The fourth-order valence-corrected chi connectivity index (χ4v) is 0.677. The minimum Gasteiger partial charge on any atom is -0.481 e. The first-order valence-corrected chi connectivity index (χ1v) is 2.90. The number of pyridine rings is 1. The van der Waals surface area contributed by atoms with Gasteiger partial charge in [0, 0.05) is 12.4 Å². The number of carbonyl (C=O) groups is 1. The predicted molar refractivity (Wildman–Crippen MR) is 35.6 cm³/mol. The van der Waals surface area contributed by atoms with Crippen LogP contribution in [0.15, 0.2) is 24.5 Å². The van der Waals surface area contributed by atoms with E-state index >= 15 is 0 Å². The minimum atomic E-state index is -0.826. The van der Waals surface area contributed by atoms with Crippen molar-refractivity contribution in [2.45, 2.75) is 6.42 Å². The molecule has 0 aliphatic heterocycles. The topological polar surface area (TPSA) is 50.2 Å². The molecule has 3 nitrogen and oxygen atoms in total. The number of carboxylic acids is 1. The summed E-state index contributed by atoms with van der Waals surface area (Å²) < 4.78 is 0. The first-order chi connectivity index (χ1) is 4.79. The molecule has 0 fully saturated rings. The van der Waals surface area contributed by atoms with Crippen LogP contribution < -0.4 is 29.6 Å². The molecule has 0 aromatic carbocycles. The third-order valence-corrected chi connectivity index (χ3v) is 1.08. The van der Waals surface area contributed by atoms with Crippen LogP contribution in [-0.2, 0) is 11.2 Å². The fraction of sp³-hybridized carbons (Fsp3) is 0.143. The number of rotatable bonds is 2. The van der Waals surface area contributed by atoms with E-state index in [4.69, 9.17) is 5.11 Å². The maximum atomic E-state index is 10.1. The second-order valence-electron chi connectivity index (χ2n) is 1.93. The van der Waals surface area contributed by atoms with Gasteiger partial charge >= 0.3 is 35.5 Å². The summed E-state index contributed by atoms with van der Waals surface area (Å²) in [6.45, 7) is 0. The monoisotopic (exact) mass is 160 g/mol. The molecule has 0 aliphatic rings. The van der Waals surface area contributed by atoms with Gasteiger partial charge in [-0.2, -0.15) is 0 Å². The fourth-order valence-electron chi connectivity index (χ4n) is 0.677. The average Bonchev–Trinajstić information content (AvgIpc) is 1.88. The Morgan fingerprint density at radius 1 is 1.64 bits per heavy atom. The summed E-state index contributed by atoms with van der Waals surface area (Å²) in [5, 5.41) is 8.34. The summed E-state index contributed by atoms with van der Waals surface area (Å²) in [5.74, 6) is -0.826. The summed E-state index contributed by atoms with van der Waals surface area (Å²) in [6, 6.07) is 3.46. The van der Waals surface area contributed by atoms with Crippen molar-refractivity contribution in [2.75, 3.05) is 0 Å². The molecule has 11 heavy (non-hydrogen) atoms. The van der Waals surface area contributed by atoms with Gasteiger partial charge in [-0.05, 0) is 11.6 Å². The molecule has 0 spiro atoms. The van der Waals surface area contributed by atoms with Gasteiger partial charge in [-0.15, -0.1) is 0 Å². The molecular formula is C7H7NNaO2+. The van der Waals surface area contributed by atoms with Crippen LogP contribution in [0.1, 0.15) is 5.56 Å². The van der Waals surface area contributed by atoms with E-state index in [9.17, 15) is 4.79 Å². The molecule has 0 saturated heterocycles. The SMILES string of the molecule is O=C(O)Cc1cccnc1.[Na+]. The van der Waals surface area contributed by atoms with Crippen LogP contribution in [0, 0.1) is 0 Å². The number of nitrogens with zero attached hydrogens (tertiary/aromatic N) is 1. The average molecular weight is 160 g/mol. The molecular weight excluding hydrogens is 153 g/mol. The van der Waals surface area contributed by atoms with Gasteiger partial charge in [0.05, 0.1) is 6.42 Å². The van der Waals surface area contributed by atoms with Crippen LogP contribution in [0.5, 0.6) is 0 Å². The number of hydrogen-bond acceptors (Lipinski definition) is 2. The number of carboxylic acid groups (broad SMARTS) is 1. The number of aliphatic carboxylic acids is 1. The minimum absolute atomic E-state index is 0.